The largest absolute Gasteiger partial charge is 0.507 e. The number of phenolic OH excluding ortho intramolecular Hbond substituents is 1. The number of aldehydes is 1. The lowest BCUT2D eigenvalue weighted by atomic mass is 10.2. The van der Waals surface area contributed by atoms with Gasteiger partial charge >= 0.3 is 0 Å². The molecule has 0 heterocycles. The lowest BCUT2D eigenvalue weighted by Crippen LogP contribution is -1.72. The van der Waals surface area contributed by atoms with Crippen LogP contribution in [0.5, 0.6) is 5.75 Å². The molecule has 0 aliphatic carbocycles. The molecular formula is C9H8O2. The van der Waals surface area contributed by atoms with Crippen molar-refractivity contribution in [2.75, 3.05) is 0 Å². The summed E-state index contributed by atoms with van der Waals surface area (Å²) in [7, 11) is 0. The van der Waals surface area contributed by atoms with E-state index in [-0.39, 0.29) is 5.75 Å². The molecule has 0 saturated carbocycles. The van der Waals surface area contributed by atoms with Crippen LogP contribution in [0.25, 0.3) is 6.08 Å². The van der Waals surface area contributed by atoms with Gasteiger partial charge in [0.2, 0.25) is 0 Å². The fourth-order valence-electron chi connectivity index (χ4n) is 0.771. The van der Waals surface area contributed by atoms with Gasteiger partial charge in [-0.05, 0) is 18.2 Å². The Morgan fingerprint density at radius 2 is 2.00 bits per heavy atom. The molecule has 2 nitrogen and oxygen atoms in total. The Balaban J connectivity index is 2.94. The second kappa shape index (κ2) is 3.56. The van der Waals surface area contributed by atoms with E-state index in [4.69, 9.17) is 5.11 Å². The first-order valence-corrected chi connectivity index (χ1v) is 3.24. The van der Waals surface area contributed by atoms with Crippen molar-refractivity contribution < 1.29 is 9.90 Å². The average Bonchev–Trinajstić information content (AvgIpc) is 2.03. The van der Waals surface area contributed by atoms with Crippen molar-refractivity contribution in [2.24, 2.45) is 0 Å². The van der Waals surface area contributed by atoms with Crippen LogP contribution >= 0.6 is 0 Å². The number of hydrogen-bond acceptors (Lipinski definition) is 2. The van der Waals surface area contributed by atoms with Crippen LogP contribution in [0.4, 0.5) is 0 Å². The minimum atomic E-state index is 0.186. The molecular weight excluding hydrogens is 140 g/mol. The molecule has 0 aliphatic rings. The van der Waals surface area contributed by atoms with Crippen molar-refractivity contribution in [3.05, 3.63) is 35.9 Å². The van der Waals surface area contributed by atoms with E-state index in [0.717, 1.165) is 0 Å². The van der Waals surface area contributed by atoms with Crippen molar-refractivity contribution in [1.29, 1.82) is 0 Å². The maximum Gasteiger partial charge on any atom is 0.142 e. The van der Waals surface area contributed by atoms with Crippen molar-refractivity contribution in [3.8, 4) is 5.75 Å². The molecule has 56 valence electrons. The third-order valence-corrected chi connectivity index (χ3v) is 1.29. The highest BCUT2D eigenvalue weighted by molar-refractivity contribution is 5.75. The van der Waals surface area contributed by atoms with Gasteiger partial charge in [0.25, 0.3) is 0 Å². The fraction of sp³-hybridized carbons (Fsp3) is 0. The molecule has 0 bridgehead atoms. The van der Waals surface area contributed by atoms with E-state index in [1.54, 1.807) is 30.3 Å². The van der Waals surface area contributed by atoms with Gasteiger partial charge in [0.05, 0.1) is 0 Å². The highest BCUT2D eigenvalue weighted by Crippen LogP contribution is 2.16. The molecule has 0 aliphatic heterocycles. The van der Waals surface area contributed by atoms with Gasteiger partial charge in [-0.15, -0.1) is 0 Å². The van der Waals surface area contributed by atoms with Crippen LogP contribution in [-0.2, 0) is 4.79 Å². The molecule has 11 heavy (non-hydrogen) atoms. The molecule has 1 N–H and O–H groups in total. The van der Waals surface area contributed by atoms with Gasteiger partial charge < -0.3 is 5.11 Å². The molecule has 0 unspecified atom stereocenters. The SMILES string of the molecule is O=CC=Cc1ccccc1O. The molecule has 0 amide bonds. The molecule has 2 heteroatoms. The van der Waals surface area contributed by atoms with Crippen LogP contribution in [0.2, 0.25) is 0 Å². The first-order valence-electron chi connectivity index (χ1n) is 3.24. The Labute approximate surface area is 64.8 Å². The number of para-hydroxylation sites is 1. The van der Waals surface area contributed by atoms with Crippen molar-refractivity contribution in [2.45, 2.75) is 0 Å². The van der Waals surface area contributed by atoms with Gasteiger partial charge in [0, 0.05) is 5.56 Å². The normalized spacial score (nSPS) is 10.2. The van der Waals surface area contributed by atoms with Gasteiger partial charge in [-0.3, -0.25) is 4.79 Å². The summed E-state index contributed by atoms with van der Waals surface area (Å²) in [5, 5.41) is 9.17. The van der Waals surface area contributed by atoms with E-state index in [9.17, 15) is 4.79 Å². The van der Waals surface area contributed by atoms with Gasteiger partial charge in [0.15, 0.2) is 0 Å². The Kier molecular flexibility index (Phi) is 2.44. The first-order chi connectivity index (χ1) is 5.34. The van der Waals surface area contributed by atoms with Crippen molar-refractivity contribution in [3.63, 3.8) is 0 Å². The molecule has 0 spiro atoms. The van der Waals surface area contributed by atoms with E-state index in [1.165, 1.54) is 6.08 Å². The predicted octanol–water partition coefficient (Wildman–Crippen LogP) is 1.60. The fourth-order valence-corrected chi connectivity index (χ4v) is 0.771. The maximum absolute atomic E-state index is 9.92. The van der Waals surface area contributed by atoms with Gasteiger partial charge in [0.1, 0.15) is 12.0 Å². The number of phenols is 1. The number of rotatable bonds is 2. The summed E-state index contributed by atoms with van der Waals surface area (Å²) >= 11 is 0. The van der Waals surface area contributed by atoms with Gasteiger partial charge in [-0.25, -0.2) is 0 Å². The minimum Gasteiger partial charge on any atom is -0.507 e. The van der Waals surface area contributed by atoms with Crippen molar-refractivity contribution in [1.82, 2.24) is 0 Å². The number of carbonyl (C=O) groups is 1. The van der Waals surface area contributed by atoms with E-state index in [2.05, 4.69) is 0 Å². The maximum atomic E-state index is 9.92. The molecule has 0 fully saturated rings. The van der Waals surface area contributed by atoms with Crippen LogP contribution in [0.3, 0.4) is 0 Å². The standard InChI is InChI=1S/C9H8O2/c10-7-3-5-8-4-1-2-6-9(8)11/h1-7,11H. The van der Waals surface area contributed by atoms with Crippen LogP contribution in [-0.4, -0.2) is 11.4 Å². The summed E-state index contributed by atoms with van der Waals surface area (Å²) < 4.78 is 0. The smallest absolute Gasteiger partial charge is 0.142 e. The average molecular weight is 148 g/mol. The first kappa shape index (κ1) is 7.54. The monoisotopic (exact) mass is 148 g/mol. The second-order valence-corrected chi connectivity index (χ2v) is 2.05. The predicted molar refractivity (Wildman–Crippen MR) is 43.2 cm³/mol. The van der Waals surface area contributed by atoms with E-state index >= 15 is 0 Å². The van der Waals surface area contributed by atoms with E-state index in [1.807, 2.05) is 0 Å². The topological polar surface area (TPSA) is 37.3 Å². The zero-order chi connectivity index (χ0) is 8.10. The van der Waals surface area contributed by atoms with E-state index < -0.39 is 0 Å². The molecule has 0 saturated heterocycles. The Bertz CT molecular complexity index is 277. The zero-order valence-electron chi connectivity index (χ0n) is 5.90. The highest BCUT2D eigenvalue weighted by Gasteiger charge is 1.91. The van der Waals surface area contributed by atoms with Crippen LogP contribution < -0.4 is 0 Å². The van der Waals surface area contributed by atoms with Crippen LogP contribution in [0, 0.1) is 0 Å². The zero-order valence-corrected chi connectivity index (χ0v) is 5.90. The lowest BCUT2D eigenvalue weighted by molar-refractivity contribution is -0.104. The molecule has 1 aromatic carbocycles. The van der Waals surface area contributed by atoms with Gasteiger partial charge in [-0.2, -0.15) is 0 Å². The Morgan fingerprint density at radius 1 is 1.27 bits per heavy atom. The highest BCUT2D eigenvalue weighted by atomic mass is 16.3. The van der Waals surface area contributed by atoms with Crippen LogP contribution in [0.1, 0.15) is 5.56 Å². The molecule has 0 atom stereocenters. The molecule has 0 radical (unpaired) electrons. The summed E-state index contributed by atoms with van der Waals surface area (Å²) in [6.45, 7) is 0. The van der Waals surface area contributed by atoms with Crippen molar-refractivity contribution >= 4 is 12.4 Å². The van der Waals surface area contributed by atoms with Gasteiger partial charge in [-0.1, -0.05) is 18.2 Å². The lowest BCUT2D eigenvalue weighted by Gasteiger charge is -1.94. The molecule has 1 aromatic rings. The number of benzene rings is 1. The van der Waals surface area contributed by atoms with E-state index in [0.29, 0.717) is 11.8 Å². The summed E-state index contributed by atoms with van der Waals surface area (Å²) in [5.74, 6) is 0.186. The Hall–Kier alpha value is -1.57. The third kappa shape index (κ3) is 1.93. The Morgan fingerprint density at radius 3 is 2.64 bits per heavy atom. The number of aromatic hydroxyl groups is 1. The summed E-state index contributed by atoms with van der Waals surface area (Å²) in [6.07, 6.45) is 3.57. The molecule has 1 rings (SSSR count). The number of carbonyl (C=O) groups excluding carboxylic acids is 1. The van der Waals surface area contributed by atoms with Crippen LogP contribution in [0.15, 0.2) is 30.3 Å². The molecule has 0 aromatic heterocycles. The third-order valence-electron chi connectivity index (χ3n) is 1.29. The summed E-state index contributed by atoms with van der Waals surface area (Å²) in [6, 6.07) is 6.83. The summed E-state index contributed by atoms with van der Waals surface area (Å²) in [5.41, 5.74) is 0.652. The number of allylic oxidation sites excluding steroid dienone is 1. The quantitative estimate of drug-likeness (QED) is 0.511. The number of hydrogen-bond donors (Lipinski definition) is 1. The minimum absolute atomic E-state index is 0.186. The summed E-state index contributed by atoms with van der Waals surface area (Å²) in [4.78, 5) is 9.92. The second-order valence-electron chi connectivity index (χ2n) is 2.05.